The molecule has 3 heterocycles. The fourth-order valence-electron chi connectivity index (χ4n) is 4.08. The number of nitrogens with zero attached hydrogens (tertiary/aromatic N) is 3. The van der Waals surface area contributed by atoms with E-state index in [1.54, 1.807) is 6.07 Å². The zero-order valence-corrected chi connectivity index (χ0v) is 17.0. The zero-order valence-electron chi connectivity index (χ0n) is 16.2. The smallest absolute Gasteiger partial charge is 0.367 e. The monoisotopic (exact) mass is 446 g/mol. The third-order valence-electron chi connectivity index (χ3n) is 5.80. The van der Waals surface area contributed by atoms with Crippen LogP contribution < -0.4 is 5.32 Å². The highest BCUT2D eigenvalue weighted by Gasteiger charge is 2.46. The van der Waals surface area contributed by atoms with Crippen molar-refractivity contribution in [3.05, 3.63) is 41.8 Å². The molecule has 3 atom stereocenters. The van der Waals surface area contributed by atoms with Crippen molar-refractivity contribution in [2.24, 2.45) is 0 Å². The predicted molar refractivity (Wildman–Crippen MR) is 102 cm³/mol. The van der Waals surface area contributed by atoms with Crippen molar-refractivity contribution in [2.45, 2.75) is 55.3 Å². The van der Waals surface area contributed by atoms with Gasteiger partial charge < -0.3 is 5.32 Å². The van der Waals surface area contributed by atoms with Crippen LogP contribution in [-0.2, 0) is 10.0 Å². The van der Waals surface area contributed by atoms with E-state index in [1.807, 2.05) is 6.92 Å². The van der Waals surface area contributed by atoms with Crippen molar-refractivity contribution >= 4 is 15.8 Å². The number of nitrogens with one attached hydrogen (secondary N) is 1. The maximum absolute atomic E-state index is 13.5. The quantitative estimate of drug-likeness (QED) is 0.724. The molecule has 1 N–H and O–H groups in total. The second kappa shape index (κ2) is 7.52. The fourth-order valence-corrected chi connectivity index (χ4v) is 5.58. The molecule has 4 rings (SSSR count). The molecular weight excluding hydrogens is 424 g/mol. The first-order valence-electron chi connectivity index (χ1n) is 9.78. The highest BCUT2D eigenvalue weighted by atomic mass is 32.2. The minimum Gasteiger partial charge on any atom is -0.367 e. The van der Waals surface area contributed by atoms with Gasteiger partial charge in [0.2, 0.25) is 10.0 Å². The van der Waals surface area contributed by atoms with E-state index in [0.717, 1.165) is 16.8 Å². The van der Waals surface area contributed by atoms with Crippen LogP contribution in [0.25, 0.3) is 0 Å². The average molecular weight is 446 g/mol. The Bertz CT molecular complexity index is 1020. The van der Waals surface area contributed by atoms with Gasteiger partial charge in [-0.25, -0.2) is 17.5 Å². The summed E-state index contributed by atoms with van der Waals surface area (Å²) >= 11 is 0. The van der Waals surface area contributed by atoms with Gasteiger partial charge in [-0.3, -0.25) is 0 Å². The normalized spacial score (nSPS) is 25.2. The van der Waals surface area contributed by atoms with Crippen LogP contribution in [-0.4, -0.2) is 47.8 Å². The number of aromatic nitrogens is 2. The molecule has 1 aromatic carbocycles. The maximum atomic E-state index is 13.5. The van der Waals surface area contributed by atoms with E-state index in [1.165, 1.54) is 16.4 Å². The number of fused-ring (bicyclic) bond motifs is 1. The molecule has 0 radical (unpaired) electrons. The summed E-state index contributed by atoms with van der Waals surface area (Å²) in [6.45, 7) is 2.16. The Kier molecular flexibility index (Phi) is 5.29. The Balaban J connectivity index is 1.57. The highest BCUT2D eigenvalue weighted by molar-refractivity contribution is 7.89. The number of halogens is 4. The zero-order chi connectivity index (χ0) is 21.7. The lowest BCUT2D eigenvalue weighted by Crippen LogP contribution is -2.38. The van der Waals surface area contributed by atoms with E-state index in [0.29, 0.717) is 24.4 Å². The molecule has 0 spiro atoms. The number of anilines is 1. The summed E-state index contributed by atoms with van der Waals surface area (Å²) in [7, 11) is -3.81. The second-order valence-corrected chi connectivity index (χ2v) is 9.68. The van der Waals surface area contributed by atoms with Crippen molar-refractivity contribution < 1.29 is 26.0 Å². The van der Waals surface area contributed by atoms with Gasteiger partial charge in [-0.1, -0.05) is 6.92 Å². The Hall–Kier alpha value is -2.14. The number of alkyl halides is 3. The summed E-state index contributed by atoms with van der Waals surface area (Å²) in [5.41, 5.74) is 0.445. The van der Waals surface area contributed by atoms with Crippen molar-refractivity contribution in [3.63, 3.8) is 0 Å². The van der Waals surface area contributed by atoms with E-state index in [4.69, 9.17) is 0 Å². The molecule has 1 fully saturated rings. The summed E-state index contributed by atoms with van der Waals surface area (Å²) in [5, 5.41) is 7.31. The van der Waals surface area contributed by atoms with Crippen molar-refractivity contribution in [2.75, 3.05) is 18.4 Å². The highest BCUT2D eigenvalue weighted by Crippen LogP contribution is 2.41. The molecule has 1 saturated heterocycles. The SMILES string of the molecule is CC[C@@H]1C[C@H](C(F)(F)F)n2nc([C@H]3CCN(S(=O)(=O)c4ccc(F)cc4)C3)cc2N1. The van der Waals surface area contributed by atoms with Crippen molar-refractivity contribution in [1.82, 2.24) is 14.1 Å². The molecule has 0 aliphatic carbocycles. The Morgan fingerprint density at radius 3 is 2.57 bits per heavy atom. The number of hydrogen-bond donors (Lipinski definition) is 1. The summed E-state index contributed by atoms with van der Waals surface area (Å²) in [6, 6.07) is 4.17. The van der Waals surface area contributed by atoms with E-state index in [9.17, 15) is 26.0 Å². The minimum atomic E-state index is -4.42. The van der Waals surface area contributed by atoms with Crippen LogP contribution >= 0.6 is 0 Å². The first-order valence-corrected chi connectivity index (χ1v) is 11.2. The summed E-state index contributed by atoms with van der Waals surface area (Å²) in [6.07, 6.45) is -3.50. The van der Waals surface area contributed by atoms with E-state index < -0.39 is 28.1 Å². The number of benzene rings is 1. The summed E-state index contributed by atoms with van der Waals surface area (Å²) in [4.78, 5) is -0.0155. The lowest BCUT2D eigenvalue weighted by Gasteiger charge is -2.32. The largest absolute Gasteiger partial charge is 0.410 e. The number of sulfonamides is 1. The lowest BCUT2D eigenvalue weighted by atomic mass is 10.0. The van der Waals surface area contributed by atoms with Crippen LogP contribution in [0.4, 0.5) is 23.4 Å². The summed E-state index contributed by atoms with van der Waals surface area (Å²) in [5.74, 6) is -0.534. The first-order chi connectivity index (χ1) is 14.1. The van der Waals surface area contributed by atoms with Gasteiger partial charge in [0.1, 0.15) is 11.6 Å². The van der Waals surface area contributed by atoms with Gasteiger partial charge in [0, 0.05) is 31.1 Å². The fraction of sp³-hybridized carbons (Fsp3) is 0.526. The Morgan fingerprint density at radius 2 is 1.93 bits per heavy atom. The van der Waals surface area contributed by atoms with Gasteiger partial charge in [0.25, 0.3) is 0 Å². The lowest BCUT2D eigenvalue weighted by molar-refractivity contribution is -0.173. The van der Waals surface area contributed by atoms with Crippen LogP contribution in [0, 0.1) is 5.82 Å². The molecule has 0 bridgehead atoms. The second-order valence-electron chi connectivity index (χ2n) is 7.74. The molecule has 11 heteroatoms. The van der Waals surface area contributed by atoms with Crippen LogP contribution in [0.2, 0.25) is 0 Å². The molecule has 6 nitrogen and oxygen atoms in total. The molecule has 2 aliphatic heterocycles. The van der Waals surface area contributed by atoms with Crippen LogP contribution in [0.3, 0.4) is 0 Å². The van der Waals surface area contributed by atoms with Crippen molar-refractivity contribution in [3.8, 4) is 0 Å². The third kappa shape index (κ3) is 3.80. The van der Waals surface area contributed by atoms with Gasteiger partial charge in [-0.2, -0.15) is 22.6 Å². The van der Waals surface area contributed by atoms with Gasteiger partial charge in [-0.15, -0.1) is 0 Å². The van der Waals surface area contributed by atoms with Gasteiger partial charge in [0.15, 0.2) is 6.04 Å². The molecule has 0 saturated carbocycles. The molecular formula is C19H22F4N4O2S. The average Bonchev–Trinajstić information content (AvgIpc) is 3.34. The molecule has 0 amide bonds. The van der Waals surface area contributed by atoms with Gasteiger partial charge in [-0.05, 0) is 43.5 Å². The topological polar surface area (TPSA) is 67.2 Å². The van der Waals surface area contributed by atoms with Gasteiger partial charge >= 0.3 is 6.18 Å². The number of hydrogen-bond acceptors (Lipinski definition) is 4. The van der Waals surface area contributed by atoms with Gasteiger partial charge in [0.05, 0.1) is 10.6 Å². The Morgan fingerprint density at radius 1 is 1.23 bits per heavy atom. The molecule has 0 unspecified atom stereocenters. The van der Waals surface area contributed by atoms with Crippen molar-refractivity contribution in [1.29, 1.82) is 0 Å². The molecule has 30 heavy (non-hydrogen) atoms. The third-order valence-corrected chi connectivity index (χ3v) is 7.68. The maximum Gasteiger partial charge on any atom is 0.410 e. The summed E-state index contributed by atoms with van der Waals surface area (Å²) < 4.78 is 81.6. The van der Waals surface area contributed by atoms with E-state index in [2.05, 4.69) is 10.4 Å². The van der Waals surface area contributed by atoms with E-state index in [-0.39, 0.29) is 36.4 Å². The standard InChI is InChI=1S/C19H22F4N4O2S/c1-2-14-9-17(19(21,22)23)27-18(24-14)10-16(25-27)12-7-8-26(11-12)30(28,29)15-5-3-13(20)4-6-15/h3-6,10,12,14,17,24H,2,7-9,11H2,1H3/t12-,14+,17+/m0/s1. The predicted octanol–water partition coefficient (Wildman–Crippen LogP) is 3.90. The van der Waals surface area contributed by atoms with Crippen LogP contribution in [0.5, 0.6) is 0 Å². The Labute approximate surface area is 171 Å². The van der Waals surface area contributed by atoms with Crippen LogP contribution in [0.1, 0.15) is 43.8 Å². The van der Waals surface area contributed by atoms with Crippen LogP contribution in [0.15, 0.2) is 35.2 Å². The van der Waals surface area contributed by atoms with E-state index >= 15 is 0 Å². The number of rotatable bonds is 4. The first kappa shape index (κ1) is 21.1. The minimum absolute atomic E-state index is 0.0155. The molecule has 1 aromatic heterocycles. The molecule has 2 aliphatic rings. The molecule has 164 valence electrons. The molecule has 2 aromatic rings.